The van der Waals surface area contributed by atoms with Gasteiger partial charge in [-0.15, -0.1) is 22.7 Å². The third-order valence-electron chi connectivity index (χ3n) is 9.45. The second-order valence-electron chi connectivity index (χ2n) is 13.8. The van der Waals surface area contributed by atoms with E-state index < -0.39 is 0 Å². The van der Waals surface area contributed by atoms with Gasteiger partial charge in [0.1, 0.15) is 0 Å². The summed E-state index contributed by atoms with van der Waals surface area (Å²) < 4.78 is 11.9. The molecule has 0 amide bonds. The summed E-state index contributed by atoms with van der Waals surface area (Å²) in [5.74, 6) is 0. The molecule has 4 aromatic rings. The molecule has 0 saturated carbocycles. The minimum Gasteiger partial charge on any atom is -0.381 e. The van der Waals surface area contributed by atoms with E-state index in [0.717, 1.165) is 39.3 Å². The standard InChI is InChI=1S/C46H64O2S2/c1-3-5-7-9-11-13-15-17-35-47-37-33-43-29-31-45(49-43)41-25-21-39(22-26-41)19-20-40-23-27-42(28-24-40)46-32-30-44(50-46)34-38-48-36-18-16-14-12-10-8-6-4-2/h19-32H,3-18,33-38H2,1-2H3. The molecule has 0 aliphatic heterocycles. The Morgan fingerprint density at radius 3 is 1.14 bits per heavy atom. The highest BCUT2D eigenvalue weighted by Crippen LogP contribution is 2.30. The number of benzene rings is 2. The number of rotatable bonds is 28. The lowest BCUT2D eigenvalue weighted by Gasteiger charge is -2.04. The fourth-order valence-electron chi connectivity index (χ4n) is 6.27. The molecule has 0 saturated heterocycles. The number of hydrogen-bond acceptors (Lipinski definition) is 4. The molecule has 50 heavy (non-hydrogen) atoms. The maximum Gasteiger partial charge on any atom is 0.0514 e. The third-order valence-corrected chi connectivity index (χ3v) is 11.8. The van der Waals surface area contributed by atoms with Gasteiger partial charge in [0.25, 0.3) is 0 Å². The molecule has 0 atom stereocenters. The van der Waals surface area contributed by atoms with Gasteiger partial charge in [-0.3, -0.25) is 0 Å². The molecule has 0 spiro atoms. The van der Waals surface area contributed by atoms with Crippen LogP contribution in [0.2, 0.25) is 0 Å². The van der Waals surface area contributed by atoms with Crippen LogP contribution in [0.1, 0.15) is 137 Å². The molecule has 0 aliphatic carbocycles. The van der Waals surface area contributed by atoms with E-state index in [1.165, 1.54) is 144 Å². The van der Waals surface area contributed by atoms with Crippen LogP contribution in [0.4, 0.5) is 0 Å². The van der Waals surface area contributed by atoms with Crippen molar-refractivity contribution >= 4 is 34.8 Å². The van der Waals surface area contributed by atoms with Gasteiger partial charge in [0.2, 0.25) is 0 Å². The Bertz CT molecular complexity index is 1320. The zero-order valence-electron chi connectivity index (χ0n) is 31.3. The van der Waals surface area contributed by atoms with Crippen molar-refractivity contribution in [2.75, 3.05) is 26.4 Å². The smallest absolute Gasteiger partial charge is 0.0514 e. The number of unbranched alkanes of at least 4 members (excludes halogenated alkanes) is 14. The van der Waals surface area contributed by atoms with Crippen LogP contribution in [0, 0.1) is 0 Å². The molecule has 0 radical (unpaired) electrons. The second-order valence-corrected chi connectivity index (χ2v) is 16.1. The first kappa shape index (κ1) is 40.3. The first-order chi connectivity index (χ1) is 24.7. The molecule has 0 N–H and O–H groups in total. The van der Waals surface area contributed by atoms with Gasteiger partial charge in [-0.2, -0.15) is 0 Å². The molecule has 272 valence electrons. The van der Waals surface area contributed by atoms with E-state index in [4.69, 9.17) is 9.47 Å². The van der Waals surface area contributed by atoms with Crippen LogP contribution in [-0.4, -0.2) is 26.4 Å². The average molecular weight is 713 g/mol. The highest BCUT2D eigenvalue weighted by molar-refractivity contribution is 7.15. The normalized spacial score (nSPS) is 11.6. The molecule has 4 heteroatoms. The van der Waals surface area contributed by atoms with E-state index in [-0.39, 0.29) is 0 Å². The molecule has 0 aliphatic rings. The van der Waals surface area contributed by atoms with Gasteiger partial charge in [0, 0.05) is 45.6 Å². The summed E-state index contributed by atoms with van der Waals surface area (Å²) in [6.45, 7) is 8.01. The van der Waals surface area contributed by atoms with Crippen LogP contribution in [0.3, 0.4) is 0 Å². The van der Waals surface area contributed by atoms with Crippen LogP contribution in [0.25, 0.3) is 33.0 Å². The van der Waals surface area contributed by atoms with Crippen molar-refractivity contribution in [2.24, 2.45) is 0 Å². The summed E-state index contributed by atoms with van der Waals surface area (Å²) in [5.41, 5.74) is 5.01. The Hall–Kier alpha value is -2.50. The van der Waals surface area contributed by atoms with E-state index in [2.05, 4.69) is 98.8 Å². The largest absolute Gasteiger partial charge is 0.381 e. The third kappa shape index (κ3) is 16.2. The van der Waals surface area contributed by atoms with E-state index >= 15 is 0 Å². The van der Waals surface area contributed by atoms with Crippen molar-refractivity contribution in [3.63, 3.8) is 0 Å². The minimum atomic E-state index is 0.824. The summed E-state index contributed by atoms with van der Waals surface area (Å²) in [7, 11) is 0. The van der Waals surface area contributed by atoms with Crippen molar-refractivity contribution in [3.05, 3.63) is 93.7 Å². The molecule has 2 heterocycles. The number of thiophene rings is 2. The molecular weight excluding hydrogens is 649 g/mol. The Morgan fingerprint density at radius 1 is 0.400 bits per heavy atom. The fraction of sp³-hybridized carbons (Fsp3) is 0.522. The molecule has 0 bridgehead atoms. The van der Waals surface area contributed by atoms with E-state index in [1.54, 1.807) is 0 Å². The molecule has 2 nitrogen and oxygen atoms in total. The van der Waals surface area contributed by atoms with Crippen LogP contribution in [0.5, 0.6) is 0 Å². The maximum absolute atomic E-state index is 5.94. The Morgan fingerprint density at radius 2 is 0.760 bits per heavy atom. The SMILES string of the molecule is CCCCCCCCCCOCCc1ccc(-c2ccc(C=Cc3ccc(-c4ccc(CCOCCCCCCCCCC)s4)cc3)cc2)s1. The van der Waals surface area contributed by atoms with Crippen LogP contribution in [0.15, 0.2) is 72.8 Å². The molecule has 2 aromatic heterocycles. The molecule has 4 rings (SSSR count). The van der Waals surface area contributed by atoms with Gasteiger partial charge in [-0.1, -0.05) is 164 Å². The predicted octanol–water partition coefficient (Wildman–Crippen LogP) is 14.7. The molecular formula is C46H64O2S2. The molecule has 2 aromatic carbocycles. The highest BCUT2D eigenvalue weighted by atomic mass is 32.1. The highest BCUT2D eigenvalue weighted by Gasteiger charge is 2.05. The quantitative estimate of drug-likeness (QED) is 0.0431. The summed E-state index contributed by atoms with van der Waals surface area (Å²) in [6.07, 6.45) is 28.0. The molecule has 0 fully saturated rings. The van der Waals surface area contributed by atoms with E-state index in [1.807, 2.05) is 22.7 Å². The first-order valence-electron chi connectivity index (χ1n) is 20.0. The maximum atomic E-state index is 5.94. The van der Waals surface area contributed by atoms with E-state index in [9.17, 15) is 0 Å². The average Bonchev–Trinajstić information content (AvgIpc) is 3.83. The van der Waals surface area contributed by atoms with Crippen molar-refractivity contribution in [2.45, 2.75) is 129 Å². The van der Waals surface area contributed by atoms with Gasteiger partial charge in [0.15, 0.2) is 0 Å². The summed E-state index contributed by atoms with van der Waals surface area (Å²) >= 11 is 3.78. The minimum absolute atomic E-state index is 0.824. The van der Waals surface area contributed by atoms with Crippen molar-refractivity contribution in [1.82, 2.24) is 0 Å². The number of ether oxygens (including phenoxy) is 2. The monoisotopic (exact) mass is 712 g/mol. The summed E-state index contributed by atoms with van der Waals surface area (Å²) in [5, 5.41) is 0. The Kier molecular flexibility index (Phi) is 20.5. The van der Waals surface area contributed by atoms with Gasteiger partial charge < -0.3 is 9.47 Å². The lowest BCUT2D eigenvalue weighted by molar-refractivity contribution is 0.133. The lowest BCUT2D eigenvalue weighted by Crippen LogP contribution is -1.99. The summed E-state index contributed by atoms with van der Waals surface area (Å²) in [6, 6.07) is 26.9. The van der Waals surface area contributed by atoms with Gasteiger partial charge in [-0.25, -0.2) is 0 Å². The molecule has 0 unspecified atom stereocenters. The lowest BCUT2D eigenvalue weighted by atomic mass is 10.1. The first-order valence-corrected chi connectivity index (χ1v) is 21.6. The zero-order chi connectivity index (χ0) is 34.9. The van der Waals surface area contributed by atoms with Gasteiger partial charge in [0.05, 0.1) is 13.2 Å². The second kappa shape index (κ2) is 25.5. The van der Waals surface area contributed by atoms with Crippen LogP contribution < -0.4 is 0 Å². The topological polar surface area (TPSA) is 18.5 Å². The predicted molar refractivity (Wildman–Crippen MR) is 223 cm³/mol. The van der Waals surface area contributed by atoms with Crippen molar-refractivity contribution in [1.29, 1.82) is 0 Å². The fourth-order valence-corrected chi connectivity index (χ4v) is 8.26. The van der Waals surface area contributed by atoms with Gasteiger partial charge in [-0.05, 0) is 59.4 Å². The van der Waals surface area contributed by atoms with Gasteiger partial charge >= 0.3 is 0 Å². The van der Waals surface area contributed by atoms with Crippen LogP contribution >= 0.6 is 22.7 Å². The Labute approximate surface area is 313 Å². The van der Waals surface area contributed by atoms with Crippen molar-refractivity contribution < 1.29 is 9.47 Å². The van der Waals surface area contributed by atoms with Crippen molar-refractivity contribution in [3.8, 4) is 20.9 Å². The number of hydrogen-bond donors (Lipinski definition) is 0. The zero-order valence-corrected chi connectivity index (χ0v) is 32.9. The Balaban J connectivity index is 1.10. The van der Waals surface area contributed by atoms with E-state index in [0.29, 0.717) is 0 Å². The summed E-state index contributed by atoms with van der Waals surface area (Å²) in [4.78, 5) is 5.47. The van der Waals surface area contributed by atoms with Crippen LogP contribution in [-0.2, 0) is 22.3 Å².